The Morgan fingerprint density at radius 1 is 1.00 bits per heavy atom. The molecule has 3 rings (SSSR count). The topological polar surface area (TPSA) is 18.5 Å². The molecule has 0 radical (unpaired) electrons. The maximum Gasteiger partial charge on any atom is 0.130 e. The molecule has 0 N–H and O–H groups in total. The zero-order valence-corrected chi connectivity index (χ0v) is 16.0. The maximum atomic E-state index is 14.4. The lowest BCUT2D eigenvalue weighted by Gasteiger charge is -2.26. The number of fused-ring (bicyclic) bond motifs is 1. The van der Waals surface area contributed by atoms with Gasteiger partial charge in [0.25, 0.3) is 0 Å². The summed E-state index contributed by atoms with van der Waals surface area (Å²) in [5.41, 5.74) is 6.43. The monoisotopic (exact) mass is 342 g/mol. The van der Waals surface area contributed by atoms with E-state index in [1.54, 1.807) is 7.11 Å². The van der Waals surface area contributed by atoms with Crippen molar-refractivity contribution >= 4 is 0 Å². The highest BCUT2D eigenvalue weighted by atomic mass is 19.1. The second-order valence-corrected chi connectivity index (χ2v) is 8.14. The summed E-state index contributed by atoms with van der Waals surface area (Å²) < 4.78 is 25.6. The predicted molar refractivity (Wildman–Crippen MR) is 99.7 cm³/mol. The summed E-state index contributed by atoms with van der Waals surface area (Å²) in [6.07, 6.45) is 0. The zero-order valence-electron chi connectivity index (χ0n) is 16.0. The smallest absolute Gasteiger partial charge is 0.130 e. The van der Waals surface area contributed by atoms with Crippen molar-refractivity contribution < 1.29 is 13.9 Å². The zero-order chi connectivity index (χ0) is 18.4. The van der Waals surface area contributed by atoms with Crippen LogP contribution in [0.25, 0.3) is 11.1 Å². The minimum atomic E-state index is -0.211. The van der Waals surface area contributed by atoms with Crippen LogP contribution < -0.4 is 4.74 Å². The molecule has 0 aromatic heterocycles. The molecule has 1 heterocycles. The Labute approximate surface area is 150 Å². The number of halogens is 1. The molecule has 2 aromatic rings. The van der Waals surface area contributed by atoms with Crippen LogP contribution in [0.5, 0.6) is 5.75 Å². The van der Waals surface area contributed by atoms with Gasteiger partial charge < -0.3 is 9.47 Å². The summed E-state index contributed by atoms with van der Waals surface area (Å²) in [5, 5.41) is 0. The van der Waals surface area contributed by atoms with Crippen molar-refractivity contribution in [1.29, 1.82) is 0 Å². The van der Waals surface area contributed by atoms with Crippen LogP contribution in [0, 0.1) is 5.82 Å². The number of benzene rings is 2. The van der Waals surface area contributed by atoms with Crippen molar-refractivity contribution in [2.24, 2.45) is 0 Å². The highest BCUT2D eigenvalue weighted by molar-refractivity contribution is 5.76. The molecule has 0 atom stereocenters. The van der Waals surface area contributed by atoms with E-state index in [0.717, 1.165) is 11.1 Å². The van der Waals surface area contributed by atoms with Gasteiger partial charge in [0.2, 0.25) is 0 Å². The molecule has 0 saturated heterocycles. The molecule has 2 aromatic carbocycles. The van der Waals surface area contributed by atoms with E-state index in [-0.39, 0.29) is 17.2 Å². The highest BCUT2D eigenvalue weighted by Crippen LogP contribution is 2.42. The minimum absolute atomic E-state index is 0.0374. The Morgan fingerprint density at radius 2 is 1.64 bits per heavy atom. The summed E-state index contributed by atoms with van der Waals surface area (Å²) in [5.74, 6) is 0.476. The third-order valence-electron chi connectivity index (χ3n) is 4.89. The Hall–Kier alpha value is -1.87. The van der Waals surface area contributed by atoms with Gasteiger partial charge >= 0.3 is 0 Å². The van der Waals surface area contributed by atoms with Crippen molar-refractivity contribution in [1.82, 2.24) is 0 Å². The average molecular weight is 342 g/mol. The predicted octanol–water partition coefficient (Wildman–Crippen LogP) is 5.95. The van der Waals surface area contributed by atoms with Crippen LogP contribution in [0.15, 0.2) is 24.3 Å². The molecule has 2 nitrogen and oxygen atoms in total. The summed E-state index contributed by atoms with van der Waals surface area (Å²) >= 11 is 0. The first-order chi connectivity index (χ1) is 11.7. The average Bonchev–Trinajstić information content (AvgIpc) is 2.99. The standard InChI is InChI=1S/C22H27FO2/c1-13(2)16-9-18(21(24-6)10-20(16)23)17-7-14-11-25-12-15(14)8-19(17)22(3,4)5/h7-10,13H,11-12H2,1-6H3. The number of hydrogen-bond donors (Lipinski definition) is 0. The first-order valence-corrected chi connectivity index (χ1v) is 8.84. The lowest BCUT2D eigenvalue weighted by molar-refractivity contribution is 0.134. The van der Waals surface area contributed by atoms with Gasteiger partial charge in [0.15, 0.2) is 0 Å². The van der Waals surface area contributed by atoms with E-state index < -0.39 is 0 Å². The molecule has 134 valence electrons. The summed E-state index contributed by atoms with van der Waals surface area (Å²) in [6, 6.07) is 7.91. The van der Waals surface area contributed by atoms with E-state index in [1.165, 1.54) is 22.8 Å². The highest BCUT2D eigenvalue weighted by Gasteiger charge is 2.25. The fraction of sp³-hybridized carbons (Fsp3) is 0.455. The van der Waals surface area contributed by atoms with E-state index in [4.69, 9.17) is 9.47 Å². The Bertz CT molecular complexity index is 801. The Morgan fingerprint density at radius 3 is 2.20 bits per heavy atom. The van der Waals surface area contributed by atoms with Gasteiger partial charge in [-0.3, -0.25) is 0 Å². The molecule has 0 bridgehead atoms. The van der Waals surface area contributed by atoms with Crippen molar-refractivity contribution in [3.05, 3.63) is 52.3 Å². The molecular formula is C22H27FO2. The van der Waals surface area contributed by atoms with Crippen LogP contribution in [0.2, 0.25) is 0 Å². The molecule has 25 heavy (non-hydrogen) atoms. The summed E-state index contributed by atoms with van der Waals surface area (Å²) in [6.45, 7) is 11.9. The van der Waals surface area contributed by atoms with Gasteiger partial charge in [-0.1, -0.05) is 40.7 Å². The second kappa shape index (κ2) is 6.45. The van der Waals surface area contributed by atoms with E-state index >= 15 is 0 Å². The van der Waals surface area contributed by atoms with Crippen LogP contribution >= 0.6 is 0 Å². The number of rotatable bonds is 3. The van der Waals surface area contributed by atoms with E-state index in [9.17, 15) is 4.39 Å². The molecule has 3 heteroatoms. The van der Waals surface area contributed by atoms with Crippen molar-refractivity contribution in [2.75, 3.05) is 7.11 Å². The van der Waals surface area contributed by atoms with Gasteiger partial charge in [-0.05, 0) is 51.3 Å². The maximum absolute atomic E-state index is 14.4. The quantitative estimate of drug-likeness (QED) is 0.686. The van der Waals surface area contributed by atoms with E-state index in [0.29, 0.717) is 24.5 Å². The third-order valence-corrected chi connectivity index (χ3v) is 4.89. The number of hydrogen-bond acceptors (Lipinski definition) is 2. The summed E-state index contributed by atoms with van der Waals surface area (Å²) in [4.78, 5) is 0. The van der Waals surface area contributed by atoms with Gasteiger partial charge in [-0.25, -0.2) is 4.39 Å². The number of methoxy groups -OCH3 is 1. The van der Waals surface area contributed by atoms with Gasteiger partial charge in [0, 0.05) is 11.6 Å². The molecule has 0 unspecified atom stereocenters. The van der Waals surface area contributed by atoms with Crippen LogP contribution in [0.1, 0.15) is 62.8 Å². The fourth-order valence-electron chi connectivity index (χ4n) is 3.47. The normalized spacial score (nSPS) is 14.1. The van der Waals surface area contributed by atoms with Crippen molar-refractivity contribution in [2.45, 2.75) is 59.2 Å². The van der Waals surface area contributed by atoms with Crippen LogP contribution in [0.4, 0.5) is 4.39 Å². The molecule has 0 spiro atoms. The molecule has 1 aliphatic heterocycles. The lowest BCUT2D eigenvalue weighted by atomic mass is 9.79. The number of ether oxygens (including phenoxy) is 2. The fourth-order valence-corrected chi connectivity index (χ4v) is 3.47. The van der Waals surface area contributed by atoms with Crippen LogP contribution in [0.3, 0.4) is 0 Å². The molecular weight excluding hydrogens is 315 g/mol. The molecule has 0 fully saturated rings. The largest absolute Gasteiger partial charge is 0.496 e. The van der Waals surface area contributed by atoms with Gasteiger partial charge in [-0.2, -0.15) is 0 Å². The SMILES string of the molecule is COc1cc(F)c(C(C)C)cc1-c1cc2c(cc1C(C)(C)C)COC2. The molecule has 0 amide bonds. The summed E-state index contributed by atoms with van der Waals surface area (Å²) in [7, 11) is 1.60. The van der Waals surface area contributed by atoms with Gasteiger partial charge in [0.1, 0.15) is 11.6 Å². The Kier molecular flexibility index (Phi) is 4.63. The molecule has 1 aliphatic rings. The van der Waals surface area contributed by atoms with E-state index in [1.807, 2.05) is 19.9 Å². The third kappa shape index (κ3) is 3.30. The first kappa shape index (κ1) is 17.9. The second-order valence-electron chi connectivity index (χ2n) is 8.14. The lowest BCUT2D eigenvalue weighted by Crippen LogP contribution is -2.14. The minimum Gasteiger partial charge on any atom is -0.496 e. The van der Waals surface area contributed by atoms with Crippen molar-refractivity contribution in [3.63, 3.8) is 0 Å². The van der Waals surface area contributed by atoms with Crippen molar-refractivity contribution in [3.8, 4) is 16.9 Å². The van der Waals surface area contributed by atoms with Crippen LogP contribution in [-0.4, -0.2) is 7.11 Å². The Balaban J connectivity index is 2.30. The molecule has 0 aliphatic carbocycles. The van der Waals surface area contributed by atoms with Crippen LogP contribution in [-0.2, 0) is 23.4 Å². The van der Waals surface area contributed by atoms with Gasteiger partial charge in [0.05, 0.1) is 20.3 Å². The van der Waals surface area contributed by atoms with E-state index in [2.05, 4.69) is 32.9 Å². The first-order valence-electron chi connectivity index (χ1n) is 8.84. The van der Waals surface area contributed by atoms with Gasteiger partial charge in [-0.15, -0.1) is 0 Å². The molecule has 0 saturated carbocycles.